The number of aromatic nitrogens is 1. The van der Waals surface area contributed by atoms with Gasteiger partial charge in [-0.2, -0.15) is 5.26 Å². The van der Waals surface area contributed by atoms with Crippen LogP contribution < -0.4 is 19.5 Å². The van der Waals surface area contributed by atoms with Crippen molar-refractivity contribution in [2.75, 3.05) is 31.9 Å². The first kappa shape index (κ1) is 27.8. The van der Waals surface area contributed by atoms with E-state index in [1.165, 1.54) is 11.8 Å². The van der Waals surface area contributed by atoms with E-state index in [0.29, 0.717) is 50.7 Å². The Morgan fingerprint density at radius 2 is 1.67 bits per heavy atom. The minimum absolute atomic E-state index is 0.0599. The van der Waals surface area contributed by atoms with Crippen LogP contribution >= 0.6 is 23.4 Å². The Bertz CT molecular complexity index is 1500. The molecule has 0 atom stereocenters. The zero-order valence-electron chi connectivity index (χ0n) is 21.7. The van der Waals surface area contributed by atoms with Gasteiger partial charge in [0.05, 0.1) is 37.8 Å². The number of amides is 1. The van der Waals surface area contributed by atoms with Crippen LogP contribution in [0.3, 0.4) is 0 Å². The number of methoxy groups -OCH3 is 2. The molecule has 1 amide bonds. The fourth-order valence-corrected chi connectivity index (χ4v) is 4.80. The molecule has 0 spiro atoms. The van der Waals surface area contributed by atoms with Crippen molar-refractivity contribution in [2.45, 2.75) is 11.9 Å². The van der Waals surface area contributed by atoms with Crippen molar-refractivity contribution in [3.05, 3.63) is 83.4 Å². The minimum atomic E-state index is -0.223. The van der Waals surface area contributed by atoms with Crippen LogP contribution in [0.4, 0.5) is 5.69 Å². The summed E-state index contributed by atoms with van der Waals surface area (Å²) >= 11 is 7.29. The second kappa shape index (κ2) is 13.1. The second-order valence-electron chi connectivity index (χ2n) is 8.22. The molecule has 0 fully saturated rings. The van der Waals surface area contributed by atoms with Gasteiger partial charge in [0.2, 0.25) is 5.91 Å². The van der Waals surface area contributed by atoms with E-state index in [9.17, 15) is 10.1 Å². The number of halogens is 1. The number of nitriles is 1. The van der Waals surface area contributed by atoms with Crippen LogP contribution in [0.5, 0.6) is 17.2 Å². The Labute approximate surface area is 236 Å². The topological polar surface area (TPSA) is 93.5 Å². The lowest BCUT2D eigenvalue weighted by Gasteiger charge is -2.14. The van der Waals surface area contributed by atoms with Crippen LogP contribution in [0.15, 0.2) is 77.8 Å². The molecule has 3 aromatic carbocycles. The van der Waals surface area contributed by atoms with Gasteiger partial charge in [0.15, 0.2) is 11.5 Å². The summed E-state index contributed by atoms with van der Waals surface area (Å²) in [5.74, 6) is 1.68. The molecule has 39 heavy (non-hydrogen) atoms. The van der Waals surface area contributed by atoms with Crippen LogP contribution in [0, 0.1) is 11.3 Å². The van der Waals surface area contributed by atoms with E-state index in [4.69, 9.17) is 30.8 Å². The number of hydrogen-bond acceptors (Lipinski definition) is 7. The van der Waals surface area contributed by atoms with E-state index in [-0.39, 0.29) is 11.7 Å². The molecule has 0 radical (unpaired) electrons. The van der Waals surface area contributed by atoms with Crippen molar-refractivity contribution in [3.63, 3.8) is 0 Å². The molecule has 0 aliphatic carbocycles. The molecular formula is C30H26ClN3O4S. The number of nitrogens with one attached hydrogen (secondary N) is 1. The Hall–Kier alpha value is -4.19. The van der Waals surface area contributed by atoms with Gasteiger partial charge in [-0.1, -0.05) is 41.6 Å². The smallest absolute Gasteiger partial charge is 0.234 e. The third-order valence-corrected chi connectivity index (χ3v) is 6.95. The van der Waals surface area contributed by atoms with Gasteiger partial charge in [-0.25, -0.2) is 4.98 Å². The molecule has 1 aromatic heterocycles. The third kappa shape index (κ3) is 6.82. The molecule has 0 saturated heterocycles. The monoisotopic (exact) mass is 559 g/mol. The van der Waals surface area contributed by atoms with E-state index >= 15 is 0 Å². The fourth-order valence-electron chi connectivity index (χ4n) is 3.87. The number of rotatable bonds is 10. The Balaban J connectivity index is 1.68. The average Bonchev–Trinajstić information content (AvgIpc) is 2.96. The number of hydrogen-bond donors (Lipinski definition) is 1. The van der Waals surface area contributed by atoms with E-state index in [1.54, 1.807) is 56.7 Å². The fraction of sp³-hybridized carbons (Fsp3) is 0.167. The molecule has 1 heterocycles. The molecule has 198 valence electrons. The van der Waals surface area contributed by atoms with Gasteiger partial charge < -0.3 is 19.5 Å². The average molecular weight is 560 g/mol. The number of carbonyl (C=O) groups is 1. The number of nitrogens with zero attached hydrogens (tertiary/aromatic N) is 2. The standard InChI is InChI=1S/C30H26ClN3O4S/c1-4-38-23-12-10-22(11-13-23)33-29(35)18-39-30-25(17-32)24(20-7-14-27(36-2)28(15-20)37-3)16-26(34-30)19-5-8-21(31)9-6-19/h5-16H,4,18H2,1-3H3,(H,33,35). The number of pyridine rings is 1. The van der Waals surface area contributed by atoms with E-state index < -0.39 is 0 Å². The summed E-state index contributed by atoms with van der Waals surface area (Å²) in [6.07, 6.45) is 0. The maximum absolute atomic E-state index is 12.8. The van der Waals surface area contributed by atoms with Gasteiger partial charge in [-0.3, -0.25) is 4.79 Å². The molecule has 1 N–H and O–H groups in total. The maximum atomic E-state index is 12.8. The first-order chi connectivity index (χ1) is 18.9. The first-order valence-electron chi connectivity index (χ1n) is 12.0. The molecule has 9 heteroatoms. The number of ether oxygens (including phenoxy) is 3. The quantitative estimate of drug-likeness (QED) is 0.207. The highest BCUT2D eigenvalue weighted by atomic mass is 35.5. The lowest BCUT2D eigenvalue weighted by molar-refractivity contribution is -0.113. The van der Waals surface area contributed by atoms with Crippen molar-refractivity contribution in [1.82, 2.24) is 4.98 Å². The third-order valence-electron chi connectivity index (χ3n) is 5.72. The predicted octanol–water partition coefficient (Wildman–Crippen LogP) is 7.09. The van der Waals surface area contributed by atoms with Gasteiger partial charge >= 0.3 is 0 Å². The molecule has 4 rings (SSSR count). The number of carbonyl (C=O) groups excluding carboxylic acids is 1. The molecule has 4 aromatic rings. The van der Waals surface area contributed by atoms with Gasteiger partial charge in [0.1, 0.15) is 16.8 Å². The molecular weight excluding hydrogens is 534 g/mol. The number of thioether (sulfide) groups is 1. The molecule has 0 unspecified atom stereocenters. The maximum Gasteiger partial charge on any atom is 0.234 e. The van der Waals surface area contributed by atoms with Crippen molar-refractivity contribution in [1.29, 1.82) is 5.26 Å². The summed E-state index contributed by atoms with van der Waals surface area (Å²) in [4.78, 5) is 17.5. The normalized spacial score (nSPS) is 10.4. The Morgan fingerprint density at radius 3 is 2.31 bits per heavy atom. The summed E-state index contributed by atoms with van der Waals surface area (Å²) in [6, 6.07) is 24.0. The largest absolute Gasteiger partial charge is 0.494 e. The highest BCUT2D eigenvalue weighted by molar-refractivity contribution is 8.00. The van der Waals surface area contributed by atoms with Gasteiger partial charge in [0.25, 0.3) is 0 Å². The summed E-state index contributed by atoms with van der Waals surface area (Å²) in [5, 5.41) is 14.1. The van der Waals surface area contributed by atoms with E-state index in [2.05, 4.69) is 11.4 Å². The van der Waals surface area contributed by atoms with Crippen molar-refractivity contribution < 1.29 is 19.0 Å². The second-order valence-corrected chi connectivity index (χ2v) is 9.62. The zero-order valence-corrected chi connectivity index (χ0v) is 23.2. The number of anilines is 1. The highest BCUT2D eigenvalue weighted by Gasteiger charge is 2.18. The van der Waals surface area contributed by atoms with Crippen LogP contribution in [0.25, 0.3) is 22.4 Å². The van der Waals surface area contributed by atoms with Crippen LogP contribution in [0.2, 0.25) is 5.02 Å². The summed E-state index contributed by atoms with van der Waals surface area (Å²) < 4.78 is 16.3. The van der Waals surface area contributed by atoms with Crippen molar-refractivity contribution >= 4 is 35.0 Å². The van der Waals surface area contributed by atoms with Crippen molar-refractivity contribution in [3.8, 4) is 45.7 Å². The van der Waals surface area contributed by atoms with E-state index in [0.717, 1.165) is 16.9 Å². The summed E-state index contributed by atoms with van der Waals surface area (Å²) in [7, 11) is 3.12. The Kier molecular flexibility index (Phi) is 9.31. The molecule has 0 aliphatic heterocycles. The molecule has 0 saturated carbocycles. The molecule has 0 bridgehead atoms. The lowest BCUT2D eigenvalue weighted by atomic mass is 9.99. The van der Waals surface area contributed by atoms with Gasteiger partial charge in [0, 0.05) is 21.8 Å². The first-order valence-corrected chi connectivity index (χ1v) is 13.4. The number of benzene rings is 3. The summed E-state index contributed by atoms with van der Waals surface area (Å²) in [6.45, 7) is 2.48. The zero-order chi connectivity index (χ0) is 27.8. The van der Waals surface area contributed by atoms with E-state index in [1.807, 2.05) is 37.3 Å². The van der Waals surface area contributed by atoms with Crippen molar-refractivity contribution in [2.24, 2.45) is 0 Å². The Morgan fingerprint density at radius 1 is 0.974 bits per heavy atom. The molecule has 0 aliphatic rings. The highest BCUT2D eigenvalue weighted by Crippen LogP contribution is 2.38. The summed E-state index contributed by atoms with van der Waals surface area (Å²) in [5.41, 5.74) is 3.89. The van der Waals surface area contributed by atoms with Crippen LogP contribution in [-0.2, 0) is 4.79 Å². The molecule has 7 nitrogen and oxygen atoms in total. The predicted molar refractivity (Wildman–Crippen MR) is 155 cm³/mol. The SMILES string of the molecule is CCOc1ccc(NC(=O)CSc2nc(-c3ccc(Cl)cc3)cc(-c3ccc(OC)c(OC)c3)c2C#N)cc1. The lowest BCUT2D eigenvalue weighted by Crippen LogP contribution is -2.14. The van der Waals surface area contributed by atoms with Crippen LogP contribution in [0.1, 0.15) is 12.5 Å². The minimum Gasteiger partial charge on any atom is -0.494 e. The van der Waals surface area contributed by atoms with Gasteiger partial charge in [-0.15, -0.1) is 0 Å². The van der Waals surface area contributed by atoms with Gasteiger partial charge in [-0.05, 0) is 67.1 Å². The van der Waals surface area contributed by atoms with Crippen LogP contribution in [-0.4, -0.2) is 37.5 Å².